The van der Waals surface area contributed by atoms with Crippen molar-refractivity contribution in [3.63, 3.8) is 0 Å². The van der Waals surface area contributed by atoms with E-state index >= 15 is 0 Å². The van der Waals surface area contributed by atoms with E-state index < -0.39 is 35.5 Å². The Kier molecular flexibility index (Phi) is 7.44. The summed E-state index contributed by atoms with van der Waals surface area (Å²) < 4.78 is 21.7. The molecule has 0 amide bonds. The second-order valence-corrected chi connectivity index (χ2v) is 9.39. The first-order valence-electron chi connectivity index (χ1n) is 11.2. The summed E-state index contributed by atoms with van der Waals surface area (Å²) in [6.45, 7) is 10.3. The highest BCUT2D eigenvalue weighted by atomic mass is 16.6. The van der Waals surface area contributed by atoms with E-state index in [4.69, 9.17) is 18.6 Å². The Hall–Kier alpha value is -2.90. The van der Waals surface area contributed by atoms with Crippen molar-refractivity contribution in [1.29, 1.82) is 0 Å². The van der Waals surface area contributed by atoms with Crippen LogP contribution in [0.2, 0.25) is 0 Å². The van der Waals surface area contributed by atoms with Gasteiger partial charge >= 0.3 is 17.9 Å². The van der Waals surface area contributed by atoms with E-state index in [1.165, 1.54) is 33.3 Å². The smallest absolute Gasteiger partial charge is 0.303 e. The number of ether oxygens (including phenoxy) is 3. The second-order valence-electron chi connectivity index (χ2n) is 9.39. The van der Waals surface area contributed by atoms with E-state index in [1.54, 1.807) is 6.07 Å². The van der Waals surface area contributed by atoms with Gasteiger partial charge in [-0.1, -0.05) is 19.1 Å². The van der Waals surface area contributed by atoms with E-state index in [-0.39, 0.29) is 36.6 Å². The Morgan fingerprint density at radius 1 is 1.12 bits per heavy atom. The highest BCUT2D eigenvalue weighted by Gasteiger charge is 2.58. The van der Waals surface area contributed by atoms with Crippen LogP contribution in [0.1, 0.15) is 63.7 Å². The quantitative estimate of drug-likeness (QED) is 0.261. The third-order valence-corrected chi connectivity index (χ3v) is 7.19. The Labute approximate surface area is 193 Å². The molecule has 6 unspecified atom stereocenters. The predicted octanol–water partition coefficient (Wildman–Crippen LogP) is 3.89. The van der Waals surface area contributed by atoms with Gasteiger partial charge in [0.15, 0.2) is 5.78 Å². The molecule has 0 bridgehead atoms. The van der Waals surface area contributed by atoms with Crippen LogP contribution in [-0.2, 0) is 28.6 Å². The normalized spacial score (nSPS) is 31.3. The molecule has 8 heteroatoms. The summed E-state index contributed by atoms with van der Waals surface area (Å²) in [4.78, 5) is 48.5. The van der Waals surface area contributed by atoms with Gasteiger partial charge < -0.3 is 18.6 Å². The number of Topliss-reactive ketones (excluding diaryl/α,β-unsaturated/α-hetero) is 1. The zero-order valence-electron chi connectivity index (χ0n) is 19.6. The first-order valence-corrected chi connectivity index (χ1v) is 11.2. The number of carbonyl (C=O) groups is 4. The number of carbonyl (C=O) groups excluding carboxylic acids is 4. The summed E-state index contributed by atoms with van der Waals surface area (Å²) in [6.07, 6.45) is 3.48. The van der Waals surface area contributed by atoms with Gasteiger partial charge in [0.2, 0.25) is 0 Å². The lowest BCUT2D eigenvalue weighted by Crippen LogP contribution is -2.59. The van der Waals surface area contributed by atoms with Crippen molar-refractivity contribution < 1.29 is 37.8 Å². The fraction of sp³-hybridized carbons (Fsp3) is 0.600. The summed E-state index contributed by atoms with van der Waals surface area (Å²) in [7, 11) is 0. The average molecular weight is 461 g/mol. The van der Waals surface area contributed by atoms with Crippen molar-refractivity contribution in [1.82, 2.24) is 0 Å². The zero-order chi connectivity index (χ0) is 24.3. The molecule has 33 heavy (non-hydrogen) atoms. The summed E-state index contributed by atoms with van der Waals surface area (Å²) in [5.41, 5.74) is 0.968. The van der Waals surface area contributed by atoms with Crippen LogP contribution in [0, 0.1) is 23.2 Å². The maximum absolute atomic E-state index is 13.0. The number of fused-ring (bicyclic) bond motifs is 1. The Morgan fingerprint density at radius 3 is 2.39 bits per heavy atom. The molecule has 0 radical (unpaired) electrons. The molecule has 3 rings (SSSR count). The lowest BCUT2D eigenvalue weighted by molar-refractivity contribution is -0.202. The van der Waals surface area contributed by atoms with Crippen molar-refractivity contribution in [2.75, 3.05) is 6.61 Å². The molecule has 1 aromatic heterocycles. The summed E-state index contributed by atoms with van der Waals surface area (Å²) in [5, 5.41) is 0. The third-order valence-electron chi connectivity index (χ3n) is 7.19. The van der Waals surface area contributed by atoms with Crippen LogP contribution in [0.5, 0.6) is 0 Å². The van der Waals surface area contributed by atoms with Gasteiger partial charge in [-0.3, -0.25) is 19.2 Å². The van der Waals surface area contributed by atoms with Crippen molar-refractivity contribution >= 4 is 23.7 Å². The number of ketones is 1. The minimum absolute atomic E-state index is 0.0280. The van der Waals surface area contributed by atoms with Crippen molar-refractivity contribution in [2.45, 2.75) is 65.6 Å². The first-order chi connectivity index (χ1) is 15.5. The molecule has 8 nitrogen and oxygen atoms in total. The monoisotopic (exact) mass is 460 g/mol. The van der Waals surface area contributed by atoms with Gasteiger partial charge in [-0.2, -0.15) is 0 Å². The molecular weight excluding hydrogens is 428 g/mol. The van der Waals surface area contributed by atoms with Crippen molar-refractivity contribution in [3.05, 3.63) is 36.3 Å². The van der Waals surface area contributed by atoms with Gasteiger partial charge in [0, 0.05) is 33.1 Å². The van der Waals surface area contributed by atoms with Gasteiger partial charge in [-0.25, -0.2) is 0 Å². The summed E-state index contributed by atoms with van der Waals surface area (Å²) in [6, 6.07) is 1.64. The van der Waals surface area contributed by atoms with Gasteiger partial charge in [0.1, 0.15) is 18.5 Å². The number of furan rings is 1. The zero-order valence-corrected chi connectivity index (χ0v) is 19.6. The molecule has 0 spiro atoms. The largest absolute Gasteiger partial charge is 0.472 e. The van der Waals surface area contributed by atoms with Crippen LogP contribution in [0.4, 0.5) is 0 Å². The van der Waals surface area contributed by atoms with Crippen LogP contribution in [0.25, 0.3) is 0 Å². The minimum Gasteiger partial charge on any atom is -0.472 e. The van der Waals surface area contributed by atoms with Gasteiger partial charge in [0.25, 0.3) is 0 Å². The number of rotatable bonds is 7. The molecule has 6 atom stereocenters. The molecule has 0 saturated heterocycles. The SMILES string of the molecule is C=C1CCC2C(COC(C)=O)C(OC(C)=O)C(OC(C)=O)CC2(C)C1CC(=O)c1ccoc1. The maximum atomic E-state index is 13.0. The summed E-state index contributed by atoms with van der Waals surface area (Å²) >= 11 is 0. The Bertz CT molecular complexity index is 917. The van der Waals surface area contributed by atoms with E-state index in [0.29, 0.717) is 18.4 Å². The number of hydrogen-bond acceptors (Lipinski definition) is 8. The third kappa shape index (κ3) is 5.37. The minimum atomic E-state index is -0.750. The Balaban J connectivity index is 2.00. The number of esters is 3. The molecule has 1 aromatic rings. The van der Waals surface area contributed by atoms with Crippen LogP contribution in [0.15, 0.2) is 35.2 Å². The highest BCUT2D eigenvalue weighted by Crippen LogP contribution is 2.59. The Morgan fingerprint density at radius 2 is 1.82 bits per heavy atom. The number of allylic oxidation sites excluding steroid dienone is 1. The molecule has 2 aliphatic rings. The molecule has 0 aromatic carbocycles. The molecule has 2 fully saturated rings. The summed E-state index contributed by atoms with van der Waals surface area (Å²) in [5.74, 6) is -2.11. The van der Waals surface area contributed by atoms with Crippen LogP contribution in [-0.4, -0.2) is 42.5 Å². The van der Waals surface area contributed by atoms with Crippen molar-refractivity contribution in [2.24, 2.45) is 23.2 Å². The van der Waals surface area contributed by atoms with E-state index in [2.05, 4.69) is 13.5 Å². The lowest BCUT2D eigenvalue weighted by Gasteiger charge is -2.57. The van der Waals surface area contributed by atoms with Gasteiger partial charge in [0.05, 0.1) is 18.4 Å². The van der Waals surface area contributed by atoms with E-state index in [1.807, 2.05) is 0 Å². The molecule has 0 aliphatic heterocycles. The topological polar surface area (TPSA) is 109 Å². The van der Waals surface area contributed by atoms with Gasteiger partial charge in [-0.05, 0) is 42.6 Å². The van der Waals surface area contributed by atoms with Crippen LogP contribution < -0.4 is 0 Å². The first kappa shape index (κ1) is 24.7. The van der Waals surface area contributed by atoms with Crippen molar-refractivity contribution in [3.8, 4) is 0 Å². The molecule has 1 heterocycles. The maximum Gasteiger partial charge on any atom is 0.303 e. The molecular formula is C25H32O8. The standard InChI is InChI=1S/C25H32O8/c1-14-6-7-20-19(13-31-15(2)26)24(33-17(4)28)23(32-16(3)27)11-25(20,5)21(14)10-22(29)18-8-9-30-12-18/h8-9,12,19-21,23-24H,1,6-7,10-11,13H2,2-5H3. The molecule has 0 N–H and O–H groups in total. The number of hydrogen-bond donors (Lipinski definition) is 0. The highest BCUT2D eigenvalue weighted by molar-refractivity contribution is 5.96. The predicted molar refractivity (Wildman–Crippen MR) is 117 cm³/mol. The fourth-order valence-electron chi connectivity index (χ4n) is 5.83. The second kappa shape index (κ2) is 9.93. The average Bonchev–Trinajstić information content (AvgIpc) is 3.24. The van der Waals surface area contributed by atoms with Crippen LogP contribution >= 0.6 is 0 Å². The van der Waals surface area contributed by atoms with Gasteiger partial charge in [-0.15, -0.1) is 0 Å². The fourth-order valence-corrected chi connectivity index (χ4v) is 5.83. The molecule has 2 saturated carbocycles. The lowest BCUT2D eigenvalue weighted by atomic mass is 9.49. The van der Waals surface area contributed by atoms with E-state index in [0.717, 1.165) is 12.0 Å². The van der Waals surface area contributed by atoms with E-state index in [9.17, 15) is 19.2 Å². The van der Waals surface area contributed by atoms with Crippen LogP contribution in [0.3, 0.4) is 0 Å². The molecule has 180 valence electrons. The molecule has 2 aliphatic carbocycles.